The Hall–Kier alpha value is -2.33. The zero-order chi connectivity index (χ0) is 18.6. The van der Waals surface area contributed by atoms with Gasteiger partial charge in [0.05, 0.1) is 0 Å². The third kappa shape index (κ3) is 3.72. The summed E-state index contributed by atoms with van der Waals surface area (Å²) in [5.74, 6) is 0.635. The number of rotatable bonds is 6. The van der Waals surface area contributed by atoms with Crippen molar-refractivity contribution in [3.8, 4) is 0 Å². The van der Waals surface area contributed by atoms with Crippen LogP contribution in [0.5, 0.6) is 0 Å². The molecule has 4 heteroatoms. The summed E-state index contributed by atoms with van der Waals surface area (Å²) in [6.45, 7) is 6.13. The predicted molar refractivity (Wildman–Crippen MR) is 112 cm³/mol. The number of aryl methyl sites for hydroxylation is 1. The molecule has 0 aliphatic carbocycles. The molecule has 0 bridgehead atoms. The molecular weight excluding hydrogens is 334 g/mol. The smallest absolute Gasteiger partial charge is 0.251 e. The van der Waals surface area contributed by atoms with Gasteiger partial charge in [-0.05, 0) is 62.5 Å². The number of benzene rings is 2. The molecule has 1 aliphatic heterocycles. The molecule has 1 aliphatic rings. The first-order valence-corrected chi connectivity index (χ1v) is 10.3. The lowest BCUT2D eigenvalue weighted by molar-refractivity contribution is 0.0944. The molecule has 0 saturated carbocycles. The maximum Gasteiger partial charge on any atom is 0.251 e. The van der Waals surface area contributed by atoms with Crippen LogP contribution in [0.3, 0.4) is 0 Å². The van der Waals surface area contributed by atoms with E-state index in [1.165, 1.54) is 28.2 Å². The van der Waals surface area contributed by atoms with Gasteiger partial charge in [0.15, 0.2) is 0 Å². The molecule has 1 amide bonds. The van der Waals surface area contributed by atoms with Gasteiger partial charge in [-0.15, -0.1) is 0 Å². The minimum absolute atomic E-state index is 0.0424. The number of carbonyl (C=O) groups excluding carboxylic acids is 1. The molecule has 3 aromatic rings. The third-order valence-corrected chi connectivity index (χ3v) is 5.78. The maximum atomic E-state index is 12.7. The number of nitrogens with zero attached hydrogens (tertiary/aromatic N) is 1. The lowest BCUT2D eigenvalue weighted by Gasteiger charge is -2.22. The van der Waals surface area contributed by atoms with Crippen LogP contribution in [-0.4, -0.2) is 30.1 Å². The van der Waals surface area contributed by atoms with Gasteiger partial charge < -0.3 is 15.2 Å². The Morgan fingerprint density at radius 2 is 1.89 bits per heavy atom. The van der Waals surface area contributed by atoms with Crippen LogP contribution in [0, 0.1) is 5.92 Å². The van der Waals surface area contributed by atoms with Crippen molar-refractivity contribution in [2.75, 3.05) is 19.6 Å². The number of aromatic nitrogens is 1. The fourth-order valence-corrected chi connectivity index (χ4v) is 4.18. The maximum absolute atomic E-state index is 12.7. The van der Waals surface area contributed by atoms with Crippen LogP contribution in [0.15, 0.2) is 42.5 Å². The summed E-state index contributed by atoms with van der Waals surface area (Å²) in [6.07, 6.45) is 4.62. The van der Waals surface area contributed by atoms with Gasteiger partial charge in [0.25, 0.3) is 5.91 Å². The summed E-state index contributed by atoms with van der Waals surface area (Å²) >= 11 is 0. The van der Waals surface area contributed by atoms with E-state index in [0.29, 0.717) is 5.92 Å². The van der Waals surface area contributed by atoms with Crippen LogP contribution in [0.2, 0.25) is 0 Å². The number of amides is 1. The highest BCUT2D eigenvalue weighted by atomic mass is 16.1. The summed E-state index contributed by atoms with van der Waals surface area (Å²) in [7, 11) is 0. The Morgan fingerprint density at radius 1 is 1.11 bits per heavy atom. The predicted octanol–water partition coefficient (Wildman–Crippen LogP) is 4.32. The van der Waals surface area contributed by atoms with Crippen molar-refractivity contribution < 1.29 is 4.79 Å². The lowest BCUT2D eigenvalue weighted by atomic mass is 9.98. The highest BCUT2D eigenvalue weighted by Gasteiger charge is 2.16. The molecule has 142 valence electrons. The Labute approximate surface area is 160 Å². The first-order valence-electron chi connectivity index (χ1n) is 10.3. The van der Waals surface area contributed by atoms with Gasteiger partial charge in [0, 0.05) is 40.5 Å². The highest BCUT2D eigenvalue weighted by Crippen LogP contribution is 2.30. The Kier molecular flexibility index (Phi) is 5.44. The van der Waals surface area contributed by atoms with Crippen LogP contribution in [-0.2, 0) is 6.54 Å². The number of fused-ring (bicyclic) bond motifs is 3. The van der Waals surface area contributed by atoms with Crippen molar-refractivity contribution >= 4 is 27.7 Å². The molecule has 1 saturated heterocycles. The van der Waals surface area contributed by atoms with Crippen molar-refractivity contribution in [2.45, 2.75) is 39.2 Å². The SMILES string of the molecule is CCCCn1c2ccccc2c2cc(C(=O)NCC3CCNCC3)ccc21. The summed E-state index contributed by atoms with van der Waals surface area (Å²) in [5.41, 5.74) is 3.24. The summed E-state index contributed by atoms with van der Waals surface area (Å²) < 4.78 is 2.39. The molecule has 0 atom stereocenters. The number of unbranched alkanes of at least 4 members (excludes halogenated alkanes) is 1. The molecule has 27 heavy (non-hydrogen) atoms. The van der Waals surface area contributed by atoms with Gasteiger partial charge >= 0.3 is 0 Å². The molecule has 2 N–H and O–H groups in total. The first kappa shape index (κ1) is 18.1. The minimum atomic E-state index is 0.0424. The van der Waals surface area contributed by atoms with E-state index in [0.717, 1.165) is 51.0 Å². The monoisotopic (exact) mass is 363 g/mol. The Balaban J connectivity index is 1.61. The second kappa shape index (κ2) is 8.13. The fourth-order valence-electron chi connectivity index (χ4n) is 4.18. The van der Waals surface area contributed by atoms with Crippen LogP contribution >= 0.6 is 0 Å². The van der Waals surface area contributed by atoms with E-state index in [9.17, 15) is 4.79 Å². The van der Waals surface area contributed by atoms with Crippen molar-refractivity contribution in [3.05, 3.63) is 48.0 Å². The summed E-state index contributed by atoms with van der Waals surface area (Å²) in [5, 5.41) is 8.93. The van der Waals surface area contributed by atoms with E-state index >= 15 is 0 Å². The van der Waals surface area contributed by atoms with E-state index in [2.05, 4.69) is 58.5 Å². The van der Waals surface area contributed by atoms with E-state index in [1.54, 1.807) is 0 Å². The van der Waals surface area contributed by atoms with Crippen LogP contribution < -0.4 is 10.6 Å². The Bertz CT molecular complexity index is 937. The molecule has 4 nitrogen and oxygen atoms in total. The minimum Gasteiger partial charge on any atom is -0.352 e. The van der Waals surface area contributed by atoms with Crippen molar-refractivity contribution in [1.29, 1.82) is 0 Å². The van der Waals surface area contributed by atoms with Gasteiger partial charge in [-0.3, -0.25) is 4.79 Å². The molecule has 0 unspecified atom stereocenters. The number of hydrogen-bond donors (Lipinski definition) is 2. The van der Waals surface area contributed by atoms with Crippen LogP contribution in [0.1, 0.15) is 43.0 Å². The van der Waals surface area contributed by atoms with E-state index in [-0.39, 0.29) is 5.91 Å². The van der Waals surface area contributed by atoms with Gasteiger partial charge in [0.2, 0.25) is 0 Å². The highest BCUT2D eigenvalue weighted by molar-refractivity contribution is 6.10. The van der Waals surface area contributed by atoms with E-state index < -0.39 is 0 Å². The molecule has 0 radical (unpaired) electrons. The summed E-state index contributed by atoms with van der Waals surface area (Å²) in [4.78, 5) is 12.7. The quantitative estimate of drug-likeness (QED) is 0.685. The van der Waals surface area contributed by atoms with Crippen molar-refractivity contribution in [1.82, 2.24) is 15.2 Å². The Morgan fingerprint density at radius 3 is 2.70 bits per heavy atom. The van der Waals surface area contributed by atoms with Gasteiger partial charge in [-0.2, -0.15) is 0 Å². The summed E-state index contributed by atoms with van der Waals surface area (Å²) in [6, 6.07) is 14.7. The molecule has 1 fully saturated rings. The molecule has 1 aromatic heterocycles. The first-order chi connectivity index (χ1) is 13.3. The third-order valence-electron chi connectivity index (χ3n) is 5.78. The molecule has 2 heterocycles. The average Bonchev–Trinajstić information content (AvgIpc) is 3.04. The van der Waals surface area contributed by atoms with Gasteiger partial charge in [0.1, 0.15) is 0 Å². The number of nitrogens with one attached hydrogen (secondary N) is 2. The number of piperidine rings is 1. The topological polar surface area (TPSA) is 46.1 Å². The lowest BCUT2D eigenvalue weighted by Crippen LogP contribution is -2.35. The van der Waals surface area contributed by atoms with E-state index in [1.807, 2.05) is 6.07 Å². The fraction of sp³-hybridized carbons (Fsp3) is 0.435. The molecular formula is C23H29N3O. The van der Waals surface area contributed by atoms with Crippen LogP contribution in [0.25, 0.3) is 21.8 Å². The molecule has 0 spiro atoms. The molecule has 2 aromatic carbocycles. The average molecular weight is 364 g/mol. The van der Waals surface area contributed by atoms with Gasteiger partial charge in [-0.25, -0.2) is 0 Å². The van der Waals surface area contributed by atoms with Crippen molar-refractivity contribution in [2.24, 2.45) is 5.92 Å². The number of carbonyl (C=O) groups is 1. The van der Waals surface area contributed by atoms with Crippen LogP contribution in [0.4, 0.5) is 0 Å². The standard InChI is InChI=1S/C23H29N3O/c1-2-3-14-26-21-7-5-4-6-19(21)20-15-18(8-9-22(20)26)23(27)25-16-17-10-12-24-13-11-17/h4-9,15,17,24H,2-3,10-14,16H2,1H3,(H,25,27). The zero-order valence-electron chi connectivity index (χ0n) is 16.1. The van der Waals surface area contributed by atoms with Crippen molar-refractivity contribution in [3.63, 3.8) is 0 Å². The van der Waals surface area contributed by atoms with Gasteiger partial charge in [-0.1, -0.05) is 31.5 Å². The largest absolute Gasteiger partial charge is 0.352 e. The molecule has 4 rings (SSSR count). The number of para-hydroxylation sites is 1. The normalized spacial score (nSPS) is 15.4. The zero-order valence-corrected chi connectivity index (χ0v) is 16.1. The number of hydrogen-bond acceptors (Lipinski definition) is 2. The second-order valence-electron chi connectivity index (χ2n) is 7.66. The van der Waals surface area contributed by atoms with E-state index in [4.69, 9.17) is 0 Å². The second-order valence-corrected chi connectivity index (χ2v) is 7.66.